The molecule has 1 heterocycles. The molecule has 9 nitrogen and oxygen atoms in total. The van der Waals surface area contributed by atoms with Gasteiger partial charge in [-0.15, -0.1) is 0 Å². The Morgan fingerprint density at radius 3 is 2.27 bits per heavy atom. The molecule has 10 heteroatoms. The van der Waals surface area contributed by atoms with Crippen LogP contribution >= 0.6 is 0 Å². The van der Waals surface area contributed by atoms with Crippen molar-refractivity contribution < 1.29 is 32.6 Å². The molecule has 33 heavy (non-hydrogen) atoms. The maximum atomic E-state index is 12.8. The number of carbonyl (C=O) groups excluding carboxylic acids is 2. The number of sulfone groups is 1. The number of hydrogen-bond donors (Lipinski definition) is 1. The fourth-order valence-electron chi connectivity index (χ4n) is 3.71. The lowest BCUT2D eigenvalue weighted by atomic mass is 10.0. The van der Waals surface area contributed by atoms with Gasteiger partial charge in [0.1, 0.15) is 0 Å². The third-order valence-electron chi connectivity index (χ3n) is 5.25. The molecule has 1 N–H and O–H groups in total. The molecule has 2 amide bonds. The third kappa shape index (κ3) is 5.12. The van der Waals surface area contributed by atoms with E-state index in [4.69, 9.17) is 14.6 Å². The number of amides is 2. The van der Waals surface area contributed by atoms with Gasteiger partial charge in [-0.1, -0.05) is 18.2 Å². The number of nitrogens with zero attached hydrogens (tertiary/aromatic N) is 2. The number of aliphatic hydroxyl groups is 1. The first-order chi connectivity index (χ1) is 15.6. The van der Waals surface area contributed by atoms with Gasteiger partial charge in [0.25, 0.3) is 0 Å². The highest BCUT2D eigenvalue weighted by Crippen LogP contribution is 2.39. The molecule has 1 aliphatic heterocycles. The first-order valence-electron chi connectivity index (χ1n) is 10.5. The average Bonchev–Trinajstić information content (AvgIpc) is 2.77. The normalized spacial score (nSPS) is 15.9. The number of ether oxygens (including phenoxy) is 2. The standard InChI is InChI=1S/C23H28N2O7S/c1-15(2)32-22(27)24-14-16(3)25(23(28)31-4)20-10-7-18(13-21(20)24)17-5-8-19(9-6-17)33(29,30)12-11-26/h5-10,13,15-16,26H,11-12,14H2,1-4H3. The van der Waals surface area contributed by atoms with Crippen LogP contribution in [-0.4, -0.2) is 63.9 Å². The number of anilines is 2. The molecule has 0 radical (unpaired) electrons. The van der Waals surface area contributed by atoms with E-state index in [0.29, 0.717) is 11.4 Å². The van der Waals surface area contributed by atoms with E-state index in [2.05, 4.69) is 0 Å². The summed E-state index contributed by atoms with van der Waals surface area (Å²) in [5.41, 5.74) is 2.44. The molecule has 178 valence electrons. The van der Waals surface area contributed by atoms with Gasteiger partial charge < -0.3 is 14.6 Å². The van der Waals surface area contributed by atoms with Crippen molar-refractivity contribution in [1.29, 1.82) is 0 Å². The number of carbonyl (C=O) groups is 2. The largest absolute Gasteiger partial charge is 0.452 e. The van der Waals surface area contributed by atoms with Crippen molar-refractivity contribution in [2.45, 2.75) is 37.8 Å². The molecule has 0 spiro atoms. The van der Waals surface area contributed by atoms with Crippen LogP contribution in [0.2, 0.25) is 0 Å². The predicted octanol–water partition coefficient (Wildman–Crippen LogP) is 3.45. The Hall–Kier alpha value is -3.11. The number of rotatable bonds is 5. The molecule has 1 atom stereocenters. The van der Waals surface area contributed by atoms with Crippen molar-refractivity contribution in [3.8, 4) is 11.1 Å². The second-order valence-corrected chi connectivity index (χ2v) is 10.1. The van der Waals surface area contributed by atoms with Crippen molar-refractivity contribution in [3.05, 3.63) is 42.5 Å². The first-order valence-corrected chi connectivity index (χ1v) is 12.2. The SMILES string of the molecule is COC(=O)N1c2ccc(-c3ccc(S(=O)(=O)CCO)cc3)cc2N(C(=O)OC(C)C)CC1C. The minimum atomic E-state index is -3.56. The minimum absolute atomic E-state index is 0.117. The van der Waals surface area contributed by atoms with Crippen LogP contribution in [0.5, 0.6) is 0 Å². The van der Waals surface area contributed by atoms with E-state index in [1.165, 1.54) is 29.0 Å². The van der Waals surface area contributed by atoms with E-state index in [9.17, 15) is 18.0 Å². The zero-order chi connectivity index (χ0) is 24.3. The Labute approximate surface area is 193 Å². The zero-order valence-electron chi connectivity index (χ0n) is 19.0. The molecule has 0 saturated carbocycles. The molecule has 0 aliphatic carbocycles. The summed E-state index contributed by atoms with van der Waals surface area (Å²) in [5.74, 6) is -0.348. The summed E-state index contributed by atoms with van der Waals surface area (Å²) in [6.07, 6.45) is -1.37. The Morgan fingerprint density at radius 1 is 1.06 bits per heavy atom. The van der Waals surface area contributed by atoms with Gasteiger partial charge in [-0.05, 0) is 56.2 Å². The van der Waals surface area contributed by atoms with Crippen molar-refractivity contribution in [2.24, 2.45) is 0 Å². The highest BCUT2D eigenvalue weighted by Gasteiger charge is 2.36. The molecule has 1 unspecified atom stereocenters. The van der Waals surface area contributed by atoms with Gasteiger partial charge in [-0.2, -0.15) is 0 Å². The van der Waals surface area contributed by atoms with Crippen LogP contribution in [0.4, 0.5) is 21.0 Å². The van der Waals surface area contributed by atoms with E-state index in [1.54, 1.807) is 44.2 Å². The molecular weight excluding hydrogens is 448 g/mol. The van der Waals surface area contributed by atoms with E-state index < -0.39 is 28.6 Å². The van der Waals surface area contributed by atoms with Crippen LogP contribution in [0.25, 0.3) is 11.1 Å². The lowest BCUT2D eigenvalue weighted by Crippen LogP contribution is -2.52. The summed E-state index contributed by atoms with van der Waals surface area (Å²) >= 11 is 0. The number of benzene rings is 2. The Balaban J connectivity index is 2.05. The third-order valence-corrected chi connectivity index (χ3v) is 6.96. The topological polar surface area (TPSA) is 113 Å². The van der Waals surface area contributed by atoms with Crippen molar-refractivity contribution in [2.75, 3.05) is 35.8 Å². The maximum absolute atomic E-state index is 12.8. The van der Waals surface area contributed by atoms with Gasteiger partial charge >= 0.3 is 12.2 Å². The molecule has 0 aromatic heterocycles. The van der Waals surface area contributed by atoms with Gasteiger partial charge in [0.2, 0.25) is 0 Å². The highest BCUT2D eigenvalue weighted by atomic mass is 32.2. The fourth-order valence-corrected chi connectivity index (χ4v) is 4.74. The molecule has 0 fully saturated rings. The zero-order valence-corrected chi connectivity index (χ0v) is 19.8. The minimum Gasteiger partial charge on any atom is -0.452 e. The van der Waals surface area contributed by atoms with Gasteiger partial charge in [0, 0.05) is 0 Å². The van der Waals surface area contributed by atoms with Crippen LogP contribution < -0.4 is 9.80 Å². The van der Waals surface area contributed by atoms with Crippen molar-refractivity contribution in [3.63, 3.8) is 0 Å². The van der Waals surface area contributed by atoms with Crippen LogP contribution in [0, 0.1) is 0 Å². The molecule has 2 aromatic carbocycles. The number of methoxy groups -OCH3 is 1. The molecular formula is C23H28N2O7S. The molecule has 2 aromatic rings. The first kappa shape index (κ1) is 24.5. The number of fused-ring (bicyclic) bond motifs is 1. The molecule has 3 rings (SSSR count). The maximum Gasteiger partial charge on any atom is 0.414 e. The Kier molecular flexibility index (Phi) is 7.28. The quantitative estimate of drug-likeness (QED) is 0.703. The van der Waals surface area contributed by atoms with Gasteiger partial charge in [-0.3, -0.25) is 9.80 Å². The van der Waals surface area contributed by atoms with E-state index in [0.717, 1.165) is 11.1 Å². The average molecular weight is 477 g/mol. The molecule has 0 bridgehead atoms. The number of aliphatic hydroxyl groups excluding tert-OH is 1. The Morgan fingerprint density at radius 2 is 1.70 bits per heavy atom. The van der Waals surface area contributed by atoms with Crippen LogP contribution in [0.15, 0.2) is 47.4 Å². The summed E-state index contributed by atoms with van der Waals surface area (Å²) in [5, 5.41) is 8.97. The molecule has 0 saturated heterocycles. The summed E-state index contributed by atoms with van der Waals surface area (Å²) in [7, 11) is -2.26. The van der Waals surface area contributed by atoms with Crippen LogP contribution in [0.1, 0.15) is 20.8 Å². The van der Waals surface area contributed by atoms with Gasteiger partial charge in [0.05, 0.1) is 54.4 Å². The second kappa shape index (κ2) is 9.80. The Bertz CT molecular complexity index is 1130. The second-order valence-electron chi connectivity index (χ2n) is 8.00. The summed E-state index contributed by atoms with van der Waals surface area (Å²) in [4.78, 5) is 28.3. The van der Waals surface area contributed by atoms with Gasteiger partial charge in [0.15, 0.2) is 9.84 Å². The fraction of sp³-hybridized carbons (Fsp3) is 0.391. The monoisotopic (exact) mass is 476 g/mol. The lowest BCUT2D eigenvalue weighted by Gasteiger charge is -2.40. The summed E-state index contributed by atoms with van der Waals surface area (Å²) < 4.78 is 34.7. The summed E-state index contributed by atoms with van der Waals surface area (Å²) in [6, 6.07) is 11.2. The van der Waals surface area contributed by atoms with Crippen molar-refractivity contribution in [1.82, 2.24) is 0 Å². The van der Waals surface area contributed by atoms with Gasteiger partial charge in [-0.25, -0.2) is 18.0 Å². The number of hydrogen-bond acceptors (Lipinski definition) is 7. The smallest absolute Gasteiger partial charge is 0.414 e. The lowest BCUT2D eigenvalue weighted by molar-refractivity contribution is 0.121. The summed E-state index contributed by atoms with van der Waals surface area (Å²) in [6.45, 7) is 5.10. The van der Waals surface area contributed by atoms with Crippen LogP contribution in [-0.2, 0) is 19.3 Å². The van der Waals surface area contributed by atoms with E-state index in [-0.39, 0.29) is 29.3 Å². The predicted molar refractivity (Wildman–Crippen MR) is 124 cm³/mol. The highest BCUT2D eigenvalue weighted by molar-refractivity contribution is 7.91. The van der Waals surface area contributed by atoms with E-state index in [1.807, 2.05) is 6.92 Å². The van der Waals surface area contributed by atoms with Crippen molar-refractivity contribution >= 4 is 33.4 Å². The van der Waals surface area contributed by atoms with Crippen LogP contribution in [0.3, 0.4) is 0 Å². The molecule has 1 aliphatic rings. The van der Waals surface area contributed by atoms with E-state index >= 15 is 0 Å².